The largest absolute Gasteiger partial charge is 0.293 e. The van der Waals surface area contributed by atoms with Gasteiger partial charge in [-0.25, -0.2) is 8.42 Å². The van der Waals surface area contributed by atoms with E-state index in [1.165, 1.54) is 12.1 Å². The molecule has 0 unspecified atom stereocenters. The average molecular weight is 295 g/mol. The molecule has 0 aliphatic heterocycles. The van der Waals surface area contributed by atoms with Gasteiger partial charge in [-0.05, 0) is 12.1 Å². The van der Waals surface area contributed by atoms with Crippen LogP contribution >= 0.6 is 11.6 Å². The van der Waals surface area contributed by atoms with Gasteiger partial charge in [0.1, 0.15) is 5.75 Å². The molecule has 0 radical (unpaired) electrons. The summed E-state index contributed by atoms with van der Waals surface area (Å²) >= 11 is 5.85. The molecular weight excluding hydrogens is 284 g/mol. The second-order valence-corrected chi connectivity index (χ2v) is 6.34. The fourth-order valence-electron chi connectivity index (χ4n) is 1.65. The minimum absolute atomic E-state index is 0.0130. The Labute approximate surface area is 116 Å². The first-order chi connectivity index (χ1) is 9.00. The first kappa shape index (κ1) is 13.8. The average Bonchev–Trinajstić information content (AvgIpc) is 2.39. The number of ketones is 1. The molecule has 19 heavy (non-hydrogen) atoms. The van der Waals surface area contributed by atoms with Crippen LogP contribution in [0.15, 0.2) is 59.5 Å². The fraction of sp³-hybridized carbons (Fsp3) is 0.0714. The number of hydrogen-bond acceptors (Lipinski definition) is 3. The van der Waals surface area contributed by atoms with Gasteiger partial charge in [0.15, 0.2) is 15.6 Å². The molecule has 2 aromatic rings. The summed E-state index contributed by atoms with van der Waals surface area (Å²) in [5.74, 6) is -1.03. The fourth-order valence-corrected chi connectivity index (χ4v) is 3.46. The second-order valence-electron chi connectivity index (χ2n) is 3.98. The van der Waals surface area contributed by atoms with Gasteiger partial charge in [-0.3, -0.25) is 4.79 Å². The van der Waals surface area contributed by atoms with Crippen LogP contribution in [-0.2, 0) is 9.84 Å². The summed E-state index contributed by atoms with van der Waals surface area (Å²) in [6.07, 6.45) is 0. The number of carbonyl (C=O) groups is 1. The Morgan fingerprint density at radius 2 is 1.53 bits per heavy atom. The van der Waals surface area contributed by atoms with Crippen LogP contribution in [0.5, 0.6) is 0 Å². The van der Waals surface area contributed by atoms with Crippen molar-refractivity contribution in [3.63, 3.8) is 0 Å². The first-order valence-electron chi connectivity index (χ1n) is 5.56. The van der Waals surface area contributed by atoms with Gasteiger partial charge in [-0.1, -0.05) is 54.1 Å². The summed E-state index contributed by atoms with van der Waals surface area (Å²) in [6, 6.07) is 14.4. The van der Waals surface area contributed by atoms with Crippen LogP contribution in [0.1, 0.15) is 10.4 Å². The number of hydrogen-bond donors (Lipinski definition) is 0. The number of carbonyl (C=O) groups excluding carboxylic acids is 1. The standard InChI is InChI=1S/C14H11ClO3S/c15-12-8-4-5-9-14(12)19(17,18)10-13(16)11-6-2-1-3-7-11/h1-9H,10H2. The van der Waals surface area contributed by atoms with E-state index < -0.39 is 21.4 Å². The molecule has 0 N–H and O–H groups in total. The molecule has 2 aromatic carbocycles. The molecule has 0 saturated carbocycles. The number of rotatable bonds is 4. The van der Waals surface area contributed by atoms with Gasteiger partial charge < -0.3 is 0 Å². The first-order valence-corrected chi connectivity index (χ1v) is 7.59. The topological polar surface area (TPSA) is 51.2 Å². The van der Waals surface area contributed by atoms with Crippen molar-refractivity contribution in [1.29, 1.82) is 0 Å². The van der Waals surface area contributed by atoms with Gasteiger partial charge >= 0.3 is 0 Å². The van der Waals surface area contributed by atoms with Crippen molar-refractivity contribution in [3.05, 3.63) is 65.2 Å². The van der Waals surface area contributed by atoms with Crippen LogP contribution in [0.4, 0.5) is 0 Å². The molecule has 0 spiro atoms. The zero-order chi connectivity index (χ0) is 13.9. The van der Waals surface area contributed by atoms with Crippen molar-refractivity contribution < 1.29 is 13.2 Å². The number of halogens is 1. The van der Waals surface area contributed by atoms with Crippen LogP contribution < -0.4 is 0 Å². The molecule has 0 atom stereocenters. The lowest BCUT2D eigenvalue weighted by Crippen LogP contribution is -2.16. The van der Waals surface area contributed by atoms with E-state index in [1.54, 1.807) is 42.5 Å². The second kappa shape index (κ2) is 5.55. The van der Waals surface area contributed by atoms with E-state index in [-0.39, 0.29) is 9.92 Å². The summed E-state index contributed by atoms with van der Waals surface area (Å²) in [4.78, 5) is 11.9. The SMILES string of the molecule is O=C(CS(=O)(=O)c1ccccc1Cl)c1ccccc1. The van der Waals surface area contributed by atoms with Gasteiger partial charge in [0.25, 0.3) is 0 Å². The summed E-state index contributed by atoms with van der Waals surface area (Å²) in [5, 5.41) is 0.128. The monoisotopic (exact) mass is 294 g/mol. The molecule has 3 nitrogen and oxygen atoms in total. The maximum atomic E-state index is 12.1. The number of Topliss-reactive ketones (excluding diaryl/α,β-unsaturated/α-hetero) is 1. The minimum Gasteiger partial charge on any atom is -0.293 e. The lowest BCUT2D eigenvalue weighted by molar-refractivity contribution is 0.102. The molecule has 5 heteroatoms. The molecule has 0 saturated heterocycles. The smallest absolute Gasteiger partial charge is 0.187 e. The van der Waals surface area contributed by atoms with Gasteiger partial charge in [0.2, 0.25) is 0 Å². The highest BCUT2D eigenvalue weighted by molar-refractivity contribution is 7.92. The third-order valence-electron chi connectivity index (χ3n) is 2.59. The van der Waals surface area contributed by atoms with Crippen LogP contribution in [-0.4, -0.2) is 20.0 Å². The Kier molecular flexibility index (Phi) is 4.02. The van der Waals surface area contributed by atoms with E-state index in [4.69, 9.17) is 11.6 Å². The quantitative estimate of drug-likeness (QED) is 0.815. The Morgan fingerprint density at radius 3 is 2.16 bits per heavy atom. The molecule has 98 valence electrons. The summed E-state index contributed by atoms with van der Waals surface area (Å²) in [7, 11) is -3.72. The zero-order valence-electron chi connectivity index (χ0n) is 9.91. The lowest BCUT2D eigenvalue weighted by Gasteiger charge is -2.05. The van der Waals surface area contributed by atoms with E-state index in [2.05, 4.69) is 0 Å². The van der Waals surface area contributed by atoms with Crippen molar-refractivity contribution in [1.82, 2.24) is 0 Å². The minimum atomic E-state index is -3.72. The Hall–Kier alpha value is -1.65. The lowest BCUT2D eigenvalue weighted by atomic mass is 10.2. The van der Waals surface area contributed by atoms with Crippen molar-refractivity contribution in [3.8, 4) is 0 Å². The van der Waals surface area contributed by atoms with Gasteiger partial charge in [-0.15, -0.1) is 0 Å². The van der Waals surface area contributed by atoms with Crippen molar-refractivity contribution in [2.45, 2.75) is 4.90 Å². The molecule has 0 heterocycles. The summed E-state index contributed by atoms with van der Waals surface area (Å²) < 4.78 is 24.3. The summed E-state index contributed by atoms with van der Waals surface area (Å²) in [6.45, 7) is 0. The molecule has 0 fully saturated rings. The highest BCUT2D eigenvalue weighted by atomic mass is 35.5. The maximum absolute atomic E-state index is 12.1. The molecule has 2 rings (SSSR count). The van der Waals surface area contributed by atoms with E-state index in [0.717, 1.165) is 0 Å². The Bertz CT molecular complexity index is 694. The van der Waals surface area contributed by atoms with Crippen molar-refractivity contribution in [2.24, 2.45) is 0 Å². The number of sulfone groups is 1. The Morgan fingerprint density at radius 1 is 0.947 bits per heavy atom. The van der Waals surface area contributed by atoms with Gasteiger partial charge in [-0.2, -0.15) is 0 Å². The summed E-state index contributed by atoms with van der Waals surface area (Å²) in [5.41, 5.74) is 0.373. The predicted octanol–water partition coefficient (Wildman–Crippen LogP) is 3.00. The number of benzene rings is 2. The van der Waals surface area contributed by atoms with Crippen LogP contribution in [0.3, 0.4) is 0 Å². The highest BCUT2D eigenvalue weighted by Gasteiger charge is 2.22. The Balaban J connectivity index is 2.29. The van der Waals surface area contributed by atoms with E-state index in [1.807, 2.05) is 0 Å². The van der Waals surface area contributed by atoms with E-state index >= 15 is 0 Å². The normalized spacial score (nSPS) is 11.2. The molecular formula is C14H11ClO3S. The highest BCUT2D eigenvalue weighted by Crippen LogP contribution is 2.22. The van der Waals surface area contributed by atoms with Gasteiger partial charge in [0, 0.05) is 5.56 Å². The molecule has 0 bridgehead atoms. The van der Waals surface area contributed by atoms with Gasteiger partial charge in [0.05, 0.1) is 9.92 Å². The van der Waals surface area contributed by atoms with E-state index in [0.29, 0.717) is 5.56 Å². The maximum Gasteiger partial charge on any atom is 0.187 e. The third kappa shape index (κ3) is 3.22. The van der Waals surface area contributed by atoms with Crippen LogP contribution in [0, 0.1) is 0 Å². The molecule has 0 amide bonds. The van der Waals surface area contributed by atoms with Crippen molar-refractivity contribution >= 4 is 27.2 Å². The zero-order valence-corrected chi connectivity index (χ0v) is 11.5. The van der Waals surface area contributed by atoms with Crippen LogP contribution in [0.2, 0.25) is 5.02 Å². The molecule has 0 aliphatic carbocycles. The predicted molar refractivity (Wildman–Crippen MR) is 74.3 cm³/mol. The van der Waals surface area contributed by atoms with Crippen molar-refractivity contribution in [2.75, 3.05) is 5.75 Å². The molecule has 0 aromatic heterocycles. The van der Waals surface area contributed by atoms with E-state index in [9.17, 15) is 13.2 Å². The van der Waals surface area contributed by atoms with Crippen LogP contribution in [0.25, 0.3) is 0 Å². The molecule has 0 aliphatic rings. The third-order valence-corrected chi connectivity index (χ3v) is 4.70.